The summed E-state index contributed by atoms with van der Waals surface area (Å²) >= 11 is 0. The molecule has 0 saturated heterocycles. The van der Waals surface area contributed by atoms with Gasteiger partial charge in [-0.05, 0) is 31.4 Å². The molecular formula is C16H19NO3. The number of carbonyl (C=O) groups is 1. The van der Waals surface area contributed by atoms with Gasteiger partial charge in [0, 0.05) is 0 Å². The van der Waals surface area contributed by atoms with E-state index in [0.29, 0.717) is 6.42 Å². The maximum absolute atomic E-state index is 11.2. The van der Waals surface area contributed by atoms with Gasteiger partial charge >= 0.3 is 5.97 Å². The lowest BCUT2D eigenvalue weighted by molar-refractivity contribution is -0.137. The Hall–Kier alpha value is -2.28. The van der Waals surface area contributed by atoms with Crippen molar-refractivity contribution >= 4 is 12.0 Å². The number of carboxylic acids is 1. The van der Waals surface area contributed by atoms with Crippen molar-refractivity contribution in [2.45, 2.75) is 39.2 Å². The Morgan fingerprint density at radius 3 is 2.60 bits per heavy atom. The highest BCUT2D eigenvalue weighted by Gasteiger charge is 2.16. The average Bonchev–Trinajstić information content (AvgIpc) is 2.44. The van der Waals surface area contributed by atoms with E-state index in [1.165, 1.54) is 6.08 Å². The minimum Gasteiger partial charge on any atom is -0.475 e. The van der Waals surface area contributed by atoms with Crippen LogP contribution >= 0.6 is 0 Å². The van der Waals surface area contributed by atoms with Crippen molar-refractivity contribution in [3.63, 3.8) is 0 Å². The summed E-state index contributed by atoms with van der Waals surface area (Å²) in [5.41, 5.74) is 1.83. The predicted octanol–water partition coefficient (Wildman–Crippen LogP) is 3.52. The molecule has 106 valence electrons. The van der Waals surface area contributed by atoms with E-state index < -0.39 is 12.1 Å². The first-order valence-corrected chi connectivity index (χ1v) is 6.64. The van der Waals surface area contributed by atoms with Crippen LogP contribution in [0, 0.1) is 18.3 Å². The molecule has 4 heteroatoms. The fourth-order valence-electron chi connectivity index (χ4n) is 1.65. The smallest absolute Gasteiger partial charge is 0.371 e. The zero-order chi connectivity index (χ0) is 15.0. The summed E-state index contributed by atoms with van der Waals surface area (Å²) < 4.78 is 5.30. The van der Waals surface area contributed by atoms with Crippen LogP contribution in [0.25, 0.3) is 6.08 Å². The number of hydrogen-bond acceptors (Lipinski definition) is 3. The van der Waals surface area contributed by atoms with Gasteiger partial charge in [0.1, 0.15) is 6.07 Å². The van der Waals surface area contributed by atoms with Crippen molar-refractivity contribution in [3.05, 3.63) is 41.2 Å². The Kier molecular flexibility index (Phi) is 6.31. The Labute approximate surface area is 119 Å². The second kappa shape index (κ2) is 8.00. The molecule has 0 heterocycles. The van der Waals surface area contributed by atoms with Gasteiger partial charge in [0.05, 0.1) is 0 Å². The fraction of sp³-hybridized carbons (Fsp3) is 0.375. The first-order valence-electron chi connectivity index (χ1n) is 6.64. The van der Waals surface area contributed by atoms with Gasteiger partial charge in [-0.1, -0.05) is 43.2 Å². The molecule has 1 unspecified atom stereocenters. The molecule has 0 aliphatic heterocycles. The third-order valence-corrected chi connectivity index (χ3v) is 2.82. The van der Waals surface area contributed by atoms with Gasteiger partial charge in [-0.25, -0.2) is 4.79 Å². The van der Waals surface area contributed by atoms with Crippen LogP contribution in [0.4, 0.5) is 0 Å². The third kappa shape index (κ3) is 5.15. The van der Waals surface area contributed by atoms with Crippen LogP contribution in [0.15, 0.2) is 30.0 Å². The lowest BCUT2D eigenvalue weighted by atomic mass is 10.1. The summed E-state index contributed by atoms with van der Waals surface area (Å²) in [4.78, 5) is 11.2. The Balaban J connectivity index is 2.86. The molecular weight excluding hydrogens is 254 g/mol. The van der Waals surface area contributed by atoms with Crippen molar-refractivity contribution < 1.29 is 14.6 Å². The first kappa shape index (κ1) is 15.8. The van der Waals surface area contributed by atoms with Gasteiger partial charge in [0.25, 0.3) is 0 Å². The molecule has 0 spiro atoms. The highest BCUT2D eigenvalue weighted by Crippen LogP contribution is 2.14. The molecule has 4 nitrogen and oxygen atoms in total. The van der Waals surface area contributed by atoms with Gasteiger partial charge in [-0.2, -0.15) is 5.26 Å². The number of nitrogens with zero attached hydrogens (tertiary/aromatic N) is 1. The number of hydrogen-bond donors (Lipinski definition) is 1. The summed E-state index contributed by atoms with van der Waals surface area (Å²) in [5.74, 6) is -1.36. The van der Waals surface area contributed by atoms with E-state index in [-0.39, 0.29) is 5.76 Å². The largest absolute Gasteiger partial charge is 0.475 e. The monoisotopic (exact) mass is 273 g/mol. The average molecular weight is 273 g/mol. The van der Waals surface area contributed by atoms with Crippen LogP contribution in [0.3, 0.4) is 0 Å². The maximum atomic E-state index is 11.2. The Morgan fingerprint density at radius 2 is 2.10 bits per heavy atom. The SMILES string of the molecule is CCCCC(C#N)OC(=Cc1ccc(C)cc1)C(=O)O. The zero-order valence-corrected chi connectivity index (χ0v) is 11.8. The molecule has 0 saturated carbocycles. The normalized spacial score (nSPS) is 12.6. The van der Waals surface area contributed by atoms with Crippen LogP contribution in [-0.2, 0) is 9.53 Å². The van der Waals surface area contributed by atoms with Crippen LogP contribution < -0.4 is 0 Å². The molecule has 1 N–H and O–H groups in total. The van der Waals surface area contributed by atoms with Crippen LogP contribution in [-0.4, -0.2) is 17.2 Å². The number of carboxylic acid groups (broad SMARTS) is 1. The molecule has 1 aromatic carbocycles. The van der Waals surface area contributed by atoms with Crippen molar-refractivity contribution in [1.82, 2.24) is 0 Å². The summed E-state index contributed by atoms with van der Waals surface area (Å²) in [6.07, 6.45) is 3.02. The minimum absolute atomic E-state index is 0.198. The minimum atomic E-state index is -1.16. The van der Waals surface area contributed by atoms with E-state index in [2.05, 4.69) is 0 Å². The van der Waals surface area contributed by atoms with E-state index in [0.717, 1.165) is 24.0 Å². The third-order valence-electron chi connectivity index (χ3n) is 2.82. The summed E-state index contributed by atoms with van der Waals surface area (Å²) in [6, 6.07) is 9.41. The second-order valence-electron chi connectivity index (χ2n) is 4.60. The quantitative estimate of drug-likeness (QED) is 0.609. The fourth-order valence-corrected chi connectivity index (χ4v) is 1.65. The maximum Gasteiger partial charge on any atom is 0.371 e. The molecule has 0 aromatic heterocycles. The molecule has 0 bridgehead atoms. The van der Waals surface area contributed by atoms with Crippen molar-refractivity contribution in [1.29, 1.82) is 5.26 Å². The van der Waals surface area contributed by atoms with Crippen molar-refractivity contribution in [2.75, 3.05) is 0 Å². The van der Waals surface area contributed by atoms with E-state index in [1.807, 2.05) is 44.2 Å². The van der Waals surface area contributed by atoms with Crippen molar-refractivity contribution in [3.8, 4) is 6.07 Å². The molecule has 0 amide bonds. The van der Waals surface area contributed by atoms with E-state index in [9.17, 15) is 4.79 Å². The molecule has 0 aliphatic rings. The molecule has 0 radical (unpaired) electrons. The van der Waals surface area contributed by atoms with Gasteiger partial charge in [-0.3, -0.25) is 0 Å². The summed E-state index contributed by atoms with van der Waals surface area (Å²) in [7, 11) is 0. The van der Waals surface area contributed by atoms with E-state index in [4.69, 9.17) is 15.1 Å². The lowest BCUT2D eigenvalue weighted by Gasteiger charge is -2.12. The topological polar surface area (TPSA) is 70.3 Å². The number of nitriles is 1. The number of aliphatic carboxylic acids is 1. The molecule has 20 heavy (non-hydrogen) atoms. The highest BCUT2D eigenvalue weighted by atomic mass is 16.5. The van der Waals surface area contributed by atoms with Gasteiger partial charge in [0.15, 0.2) is 6.10 Å². The highest BCUT2D eigenvalue weighted by molar-refractivity contribution is 5.89. The van der Waals surface area contributed by atoms with Crippen LogP contribution in [0.2, 0.25) is 0 Å². The number of rotatable bonds is 7. The summed E-state index contributed by atoms with van der Waals surface area (Å²) in [5, 5.41) is 18.1. The van der Waals surface area contributed by atoms with Gasteiger partial charge < -0.3 is 9.84 Å². The van der Waals surface area contributed by atoms with Crippen LogP contribution in [0.5, 0.6) is 0 Å². The standard InChI is InChI=1S/C16H19NO3/c1-3-4-5-14(11-17)20-15(16(18)19)10-13-8-6-12(2)7-9-13/h6-10,14H,3-5H2,1-2H3,(H,18,19). The number of unbranched alkanes of at least 4 members (excludes halogenated alkanes) is 1. The number of benzene rings is 1. The number of aryl methyl sites for hydroxylation is 1. The van der Waals surface area contributed by atoms with Gasteiger partial charge in [-0.15, -0.1) is 0 Å². The zero-order valence-electron chi connectivity index (χ0n) is 11.8. The molecule has 1 aromatic rings. The predicted molar refractivity (Wildman–Crippen MR) is 76.8 cm³/mol. The molecule has 1 rings (SSSR count). The Bertz CT molecular complexity index is 512. The molecule has 0 aliphatic carbocycles. The first-order chi connectivity index (χ1) is 9.56. The molecule has 0 fully saturated rings. The summed E-state index contributed by atoms with van der Waals surface area (Å²) in [6.45, 7) is 3.97. The van der Waals surface area contributed by atoms with E-state index >= 15 is 0 Å². The lowest BCUT2D eigenvalue weighted by Crippen LogP contribution is -2.15. The van der Waals surface area contributed by atoms with E-state index in [1.54, 1.807) is 0 Å². The second-order valence-corrected chi connectivity index (χ2v) is 4.60. The van der Waals surface area contributed by atoms with Gasteiger partial charge in [0.2, 0.25) is 5.76 Å². The van der Waals surface area contributed by atoms with Crippen LogP contribution in [0.1, 0.15) is 37.3 Å². The van der Waals surface area contributed by atoms with Crippen molar-refractivity contribution in [2.24, 2.45) is 0 Å². The molecule has 1 atom stereocenters. The Morgan fingerprint density at radius 1 is 1.45 bits per heavy atom. The number of ether oxygens (including phenoxy) is 1.